The zero-order valence-electron chi connectivity index (χ0n) is 11.0. The zero-order chi connectivity index (χ0) is 13.5. The molecule has 1 heterocycles. The van der Waals surface area contributed by atoms with Crippen molar-refractivity contribution < 1.29 is 9.47 Å². The van der Waals surface area contributed by atoms with Crippen molar-refractivity contribution in [2.75, 3.05) is 12.4 Å². The van der Waals surface area contributed by atoms with E-state index in [1.807, 2.05) is 49.7 Å². The van der Waals surface area contributed by atoms with Gasteiger partial charge in [0.1, 0.15) is 15.8 Å². The molecule has 1 aromatic carbocycles. The highest BCUT2D eigenvalue weighted by molar-refractivity contribution is 8.01. The van der Waals surface area contributed by atoms with Crippen LogP contribution >= 0.6 is 23.1 Å². The number of hydrogen-bond donors (Lipinski definition) is 0. The predicted molar refractivity (Wildman–Crippen MR) is 80.5 cm³/mol. The number of ether oxygens (including phenoxy) is 2. The summed E-state index contributed by atoms with van der Waals surface area (Å²) in [4.78, 5) is 4.21. The lowest BCUT2D eigenvalue weighted by Gasteiger charge is -2.10. The van der Waals surface area contributed by atoms with Gasteiger partial charge in [0.05, 0.1) is 12.7 Å². The molecule has 2 rings (SSSR count). The first-order chi connectivity index (χ1) is 9.24. The van der Waals surface area contributed by atoms with Crippen molar-refractivity contribution >= 4 is 23.1 Å². The van der Waals surface area contributed by atoms with E-state index < -0.39 is 0 Å². The number of thioether (sulfide) groups is 1. The van der Waals surface area contributed by atoms with Gasteiger partial charge in [-0.3, -0.25) is 0 Å². The molecule has 0 N–H and O–H groups in total. The van der Waals surface area contributed by atoms with Crippen LogP contribution in [0.2, 0.25) is 0 Å². The summed E-state index contributed by atoms with van der Waals surface area (Å²) in [5.41, 5.74) is 0. The van der Waals surface area contributed by atoms with Gasteiger partial charge in [-0.15, -0.1) is 11.3 Å². The third-order valence-electron chi connectivity index (χ3n) is 2.18. The predicted octanol–water partition coefficient (Wildman–Crippen LogP) is 4.10. The number of aromatic nitrogens is 1. The normalized spacial score (nSPS) is 10.7. The molecule has 0 radical (unpaired) electrons. The van der Waals surface area contributed by atoms with Gasteiger partial charge >= 0.3 is 0 Å². The van der Waals surface area contributed by atoms with Crippen LogP contribution in [-0.4, -0.2) is 23.4 Å². The average Bonchev–Trinajstić information content (AvgIpc) is 2.89. The van der Waals surface area contributed by atoms with Crippen molar-refractivity contribution in [3.63, 3.8) is 0 Å². The molecule has 0 bridgehead atoms. The van der Waals surface area contributed by atoms with Crippen LogP contribution in [0.3, 0.4) is 0 Å². The van der Waals surface area contributed by atoms with Crippen LogP contribution in [-0.2, 0) is 0 Å². The Morgan fingerprint density at radius 2 is 1.95 bits per heavy atom. The topological polar surface area (TPSA) is 31.4 Å². The molecular formula is C14H17NO2S2. The summed E-state index contributed by atoms with van der Waals surface area (Å²) in [6, 6.07) is 7.74. The van der Waals surface area contributed by atoms with Gasteiger partial charge in [-0.05, 0) is 38.1 Å². The van der Waals surface area contributed by atoms with Crippen LogP contribution in [0.1, 0.15) is 13.8 Å². The summed E-state index contributed by atoms with van der Waals surface area (Å²) in [7, 11) is 0. The van der Waals surface area contributed by atoms with E-state index >= 15 is 0 Å². The van der Waals surface area contributed by atoms with Crippen molar-refractivity contribution in [1.29, 1.82) is 0 Å². The molecule has 0 aliphatic carbocycles. The molecule has 0 fully saturated rings. The minimum atomic E-state index is 0.196. The van der Waals surface area contributed by atoms with E-state index in [4.69, 9.17) is 9.47 Å². The average molecular weight is 295 g/mol. The minimum absolute atomic E-state index is 0.196. The molecule has 0 saturated heterocycles. The maximum absolute atomic E-state index is 5.66. The highest BCUT2D eigenvalue weighted by Gasteiger charge is 2.00. The summed E-state index contributed by atoms with van der Waals surface area (Å²) < 4.78 is 12.3. The van der Waals surface area contributed by atoms with Gasteiger partial charge in [0.15, 0.2) is 0 Å². The Morgan fingerprint density at radius 3 is 2.58 bits per heavy atom. The second-order valence-electron chi connectivity index (χ2n) is 4.13. The number of nitrogens with zero attached hydrogens (tertiary/aromatic N) is 1. The summed E-state index contributed by atoms with van der Waals surface area (Å²) in [5.74, 6) is 2.65. The van der Waals surface area contributed by atoms with Crippen LogP contribution in [0.25, 0.3) is 0 Å². The maximum atomic E-state index is 5.66. The third kappa shape index (κ3) is 5.12. The summed E-state index contributed by atoms with van der Waals surface area (Å²) in [5, 5.41) is 1.98. The molecule has 2 aromatic rings. The first-order valence-electron chi connectivity index (χ1n) is 6.16. The monoisotopic (exact) mass is 295 g/mol. The summed E-state index contributed by atoms with van der Waals surface area (Å²) >= 11 is 3.37. The van der Waals surface area contributed by atoms with Gasteiger partial charge < -0.3 is 9.47 Å². The highest BCUT2D eigenvalue weighted by atomic mass is 32.2. The molecule has 0 spiro atoms. The second kappa shape index (κ2) is 7.40. The lowest BCUT2D eigenvalue weighted by atomic mass is 10.3. The first-order valence-corrected chi connectivity index (χ1v) is 8.02. The summed E-state index contributed by atoms with van der Waals surface area (Å²) in [6.07, 6.45) is 2.02. The van der Waals surface area contributed by atoms with E-state index in [0.717, 1.165) is 21.6 Å². The van der Waals surface area contributed by atoms with E-state index in [2.05, 4.69) is 4.98 Å². The molecule has 102 valence electrons. The molecule has 0 aliphatic heterocycles. The fourth-order valence-electron chi connectivity index (χ4n) is 1.46. The van der Waals surface area contributed by atoms with Crippen LogP contribution in [0.4, 0.5) is 0 Å². The molecule has 0 unspecified atom stereocenters. The summed E-state index contributed by atoms with van der Waals surface area (Å²) in [6.45, 7) is 4.70. The number of rotatable bonds is 7. The third-order valence-corrected chi connectivity index (χ3v) is 4.11. The molecule has 3 nitrogen and oxygen atoms in total. The maximum Gasteiger partial charge on any atom is 0.149 e. The molecule has 0 aliphatic rings. The van der Waals surface area contributed by atoms with Gasteiger partial charge in [0, 0.05) is 17.3 Å². The standard InChI is InChI=1S/C14H17NO2S2/c1-11(2)17-13-5-3-12(4-6-13)16-8-10-19-14-15-7-9-18-14/h3-7,9,11H,8,10H2,1-2H3. The Labute approximate surface area is 122 Å². The van der Waals surface area contributed by atoms with Crippen LogP contribution in [0.15, 0.2) is 40.2 Å². The van der Waals surface area contributed by atoms with Crippen molar-refractivity contribution in [3.8, 4) is 11.5 Å². The van der Waals surface area contributed by atoms with Crippen LogP contribution in [0, 0.1) is 0 Å². The fourth-order valence-corrected chi connectivity index (χ4v) is 2.98. The fraction of sp³-hybridized carbons (Fsp3) is 0.357. The van der Waals surface area contributed by atoms with Gasteiger partial charge in [0.25, 0.3) is 0 Å². The number of hydrogen-bond acceptors (Lipinski definition) is 5. The minimum Gasteiger partial charge on any atom is -0.493 e. The lowest BCUT2D eigenvalue weighted by molar-refractivity contribution is 0.242. The number of thiazole rings is 1. The Morgan fingerprint density at radius 1 is 1.21 bits per heavy atom. The van der Waals surface area contributed by atoms with E-state index in [1.54, 1.807) is 23.1 Å². The van der Waals surface area contributed by atoms with Gasteiger partial charge in [-0.1, -0.05) is 11.8 Å². The molecular weight excluding hydrogens is 278 g/mol. The van der Waals surface area contributed by atoms with Gasteiger partial charge in [-0.2, -0.15) is 0 Å². The smallest absolute Gasteiger partial charge is 0.149 e. The highest BCUT2D eigenvalue weighted by Crippen LogP contribution is 2.21. The second-order valence-corrected chi connectivity index (χ2v) is 6.37. The first kappa shape index (κ1) is 14.2. The molecule has 0 saturated carbocycles. The van der Waals surface area contributed by atoms with Crippen molar-refractivity contribution in [2.24, 2.45) is 0 Å². The Kier molecular flexibility index (Phi) is 5.54. The number of benzene rings is 1. The molecule has 19 heavy (non-hydrogen) atoms. The van der Waals surface area contributed by atoms with E-state index in [-0.39, 0.29) is 6.10 Å². The molecule has 0 atom stereocenters. The van der Waals surface area contributed by atoms with E-state index in [9.17, 15) is 0 Å². The zero-order valence-corrected chi connectivity index (χ0v) is 12.7. The van der Waals surface area contributed by atoms with E-state index in [0.29, 0.717) is 6.61 Å². The largest absolute Gasteiger partial charge is 0.493 e. The SMILES string of the molecule is CC(C)Oc1ccc(OCCSc2nccs2)cc1. The van der Waals surface area contributed by atoms with Crippen LogP contribution in [0.5, 0.6) is 11.5 Å². The van der Waals surface area contributed by atoms with Gasteiger partial charge in [-0.25, -0.2) is 4.98 Å². The quantitative estimate of drug-likeness (QED) is 0.568. The van der Waals surface area contributed by atoms with Gasteiger partial charge in [0.2, 0.25) is 0 Å². The Hall–Kier alpha value is -1.20. The van der Waals surface area contributed by atoms with E-state index in [1.165, 1.54) is 0 Å². The molecule has 5 heteroatoms. The van der Waals surface area contributed by atoms with Crippen LogP contribution < -0.4 is 9.47 Å². The lowest BCUT2D eigenvalue weighted by Crippen LogP contribution is -2.05. The Balaban J connectivity index is 1.71. The van der Waals surface area contributed by atoms with Crippen molar-refractivity contribution in [3.05, 3.63) is 35.8 Å². The molecule has 0 amide bonds. The van der Waals surface area contributed by atoms with Crippen molar-refractivity contribution in [1.82, 2.24) is 4.98 Å². The Bertz CT molecular complexity index is 469. The molecule has 1 aromatic heterocycles. The van der Waals surface area contributed by atoms with Crippen molar-refractivity contribution in [2.45, 2.75) is 24.3 Å².